The van der Waals surface area contributed by atoms with Crippen LogP contribution in [-0.4, -0.2) is 12.6 Å². The zero-order valence-electron chi connectivity index (χ0n) is 7.97. The number of hydrogen-bond donors (Lipinski definition) is 2. The third-order valence-electron chi connectivity index (χ3n) is 2.02. The van der Waals surface area contributed by atoms with E-state index in [2.05, 4.69) is 41.2 Å². The van der Waals surface area contributed by atoms with Crippen LogP contribution < -0.4 is 11.1 Å². The van der Waals surface area contributed by atoms with E-state index in [1.807, 2.05) is 12.1 Å². The average molecular weight is 243 g/mol. The minimum absolute atomic E-state index is 0.313. The standard InChI is InChI=1S/C10H15BrN2/c1-7(6-12)13-10-5-3-4-9(11)8(10)2/h3-5,7,13H,6,12H2,1-2H3. The van der Waals surface area contributed by atoms with Gasteiger partial charge in [0.25, 0.3) is 0 Å². The van der Waals surface area contributed by atoms with Crippen molar-refractivity contribution in [2.45, 2.75) is 19.9 Å². The maximum atomic E-state index is 5.53. The molecule has 0 fully saturated rings. The largest absolute Gasteiger partial charge is 0.381 e. The molecule has 0 aliphatic carbocycles. The molecule has 0 spiro atoms. The molecule has 0 aliphatic rings. The quantitative estimate of drug-likeness (QED) is 0.856. The molecule has 1 atom stereocenters. The summed E-state index contributed by atoms with van der Waals surface area (Å²) < 4.78 is 1.13. The summed E-state index contributed by atoms with van der Waals surface area (Å²) in [4.78, 5) is 0. The number of anilines is 1. The SMILES string of the molecule is Cc1c(Br)cccc1NC(C)CN. The Balaban J connectivity index is 2.83. The van der Waals surface area contributed by atoms with Gasteiger partial charge in [-0.1, -0.05) is 22.0 Å². The second-order valence-electron chi connectivity index (χ2n) is 3.19. The van der Waals surface area contributed by atoms with Crippen molar-refractivity contribution in [3.8, 4) is 0 Å². The van der Waals surface area contributed by atoms with Crippen LogP contribution in [0.5, 0.6) is 0 Å². The molecule has 1 unspecified atom stereocenters. The van der Waals surface area contributed by atoms with E-state index in [4.69, 9.17) is 5.73 Å². The molecule has 0 radical (unpaired) electrons. The molecule has 2 nitrogen and oxygen atoms in total. The lowest BCUT2D eigenvalue weighted by molar-refractivity contribution is 0.802. The number of halogens is 1. The van der Waals surface area contributed by atoms with Crippen LogP contribution in [-0.2, 0) is 0 Å². The van der Waals surface area contributed by atoms with Crippen LogP contribution in [0.1, 0.15) is 12.5 Å². The molecule has 0 aliphatic heterocycles. The van der Waals surface area contributed by atoms with Gasteiger partial charge in [-0.2, -0.15) is 0 Å². The molecule has 0 saturated carbocycles. The summed E-state index contributed by atoms with van der Waals surface area (Å²) in [5, 5.41) is 3.35. The van der Waals surface area contributed by atoms with Gasteiger partial charge >= 0.3 is 0 Å². The number of benzene rings is 1. The van der Waals surface area contributed by atoms with Gasteiger partial charge in [-0.3, -0.25) is 0 Å². The molecule has 1 aromatic rings. The van der Waals surface area contributed by atoms with E-state index < -0.39 is 0 Å². The van der Waals surface area contributed by atoms with Crippen molar-refractivity contribution in [1.29, 1.82) is 0 Å². The number of nitrogens with two attached hydrogens (primary N) is 1. The highest BCUT2D eigenvalue weighted by molar-refractivity contribution is 9.10. The molecule has 0 aromatic heterocycles. The van der Waals surface area contributed by atoms with Gasteiger partial charge in [-0.05, 0) is 31.5 Å². The number of hydrogen-bond acceptors (Lipinski definition) is 2. The van der Waals surface area contributed by atoms with Crippen LogP contribution in [0, 0.1) is 6.92 Å². The fourth-order valence-corrected chi connectivity index (χ4v) is 1.45. The van der Waals surface area contributed by atoms with Crippen LogP contribution in [0.4, 0.5) is 5.69 Å². The first-order chi connectivity index (χ1) is 6.15. The van der Waals surface area contributed by atoms with Crippen LogP contribution in [0.25, 0.3) is 0 Å². The summed E-state index contributed by atoms with van der Waals surface area (Å²) in [7, 11) is 0. The van der Waals surface area contributed by atoms with Gasteiger partial charge in [0.2, 0.25) is 0 Å². The van der Waals surface area contributed by atoms with Gasteiger partial charge in [0.05, 0.1) is 0 Å². The van der Waals surface area contributed by atoms with Gasteiger partial charge in [0.1, 0.15) is 0 Å². The van der Waals surface area contributed by atoms with Gasteiger partial charge in [-0.15, -0.1) is 0 Å². The fourth-order valence-electron chi connectivity index (χ4n) is 1.09. The Morgan fingerprint density at radius 3 is 2.85 bits per heavy atom. The van der Waals surface area contributed by atoms with Gasteiger partial charge < -0.3 is 11.1 Å². The molecule has 3 N–H and O–H groups in total. The molecule has 0 amide bonds. The topological polar surface area (TPSA) is 38.0 Å². The Labute approximate surface area is 87.6 Å². The summed E-state index contributed by atoms with van der Waals surface area (Å²) in [5.41, 5.74) is 7.90. The Bertz CT molecular complexity index is 286. The van der Waals surface area contributed by atoms with Crippen molar-refractivity contribution in [3.05, 3.63) is 28.2 Å². The molecular weight excluding hydrogens is 228 g/mol. The molecule has 1 rings (SSSR count). The van der Waals surface area contributed by atoms with Gasteiger partial charge in [-0.25, -0.2) is 0 Å². The van der Waals surface area contributed by atoms with E-state index in [1.54, 1.807) is 0 Å². The highest BCUT2D eigenvalue weighted by Crippen LogP contribution is 2.23. The van der Waals surface area contributed by atoms with Gasteiger partial charge in [0, 0.05) is 22.7 Å². The molecule has 0 saturated heterocycles. The molecule has 1 aromatic carbocycles. The minimum atomic E-state index is 0.313. The van der Waals surface area contributed by atoms with Gasteiger partial charge in [0.15, 0.2) is 0 Å². The summed E-state index contributed by atoms with van der Waals surface area (Å²) in [6.45, 7) is 4.79. The van der Waals surface area contributed by atoms with Crippen LogP contribution in [0.15, 0.2) is 22.7 Å². The Kier molecular flexibility index (Phi) is 3.75. The third-order valence-corrected chi connectivity index (χ3v) is 2.88. The second kappa shape index (κ2) is 4.63. The smallest absolute Gasteiger partial charge is 0.0383 e. The van der Waals surface area contributed by atoms with Crippen LogP contribution >= 0.6 is 15.9 Å². The number of rotatable bonds is 3. The molecular formula is C10H15BrN2. The van der Waals surface area contributed by atoms with E-state index in [0.29, 0.717) is 12.6 Å². The summed E-state index contributed by atoms with van der Waals surface area (Å²) in [5.74, 6) is 0. The molecule has 0 bridgehead atoms. The molecule has 72 valence electrons. The fraction of sp³-hybridized carbons (Fsp3) is 0.400. The first-order valence-corrected chi connectivity index (χ1v) is 5.16. The highest BCUT2D eigenvalue weighted by Gasteiger charge is 2.03. The van der Waals surface area contributed by atoms with Crippen LogP contribution in [0.2, 0.25) is 0 Å². The zero-order chi connectivity index (χ0) is 9.84. The van der Waals surface area contributed by atoms with Crippen molar-refractivity contribution < 1.29 is 0 Å². The van der Waals surface area contributed by atoms with E-state index >= 15 is 0 Å². The lowest BCUT2D eigenvalue weighted by Gasteiger charge is -2.15. The van der Waals surface area contributed by atoms with Crippen molar-refractivity contribution in [3.63, 3.8) is 0 Å². The average Bonchev–Trinajstić information content (AvgIpc) is 2.13. The normalized spacial score (nSPS) is 12.6. The minimum Gasteiger partial charge on any atom is -0.381 e. The molecule has 0 heterocycles. The van der Waals surface area contributed by atoms with E-state index in [1.165, 1.54) is 5.56 Å². The highest BCUT2D eigenvalue weighted by atomic mass is 79.9. The predicted molar refractivity (Wildman–Crippen MR) is 61.0 cm³/mol. The lowest BCUT2D eigenvalue weighted by Crippen LogP contribution is -2.25. The predicted octanol–water partition coefficient (Wildman–Crippen LogP) is 2.52. The maximum Gasteiger partial charge on any atom is 0.0383 e. The molecule has 3 heteroatoms. The Morgan fingerprint density at radius 2 is 2.23 bits per heavy atom. The molecule has 13 heavy (non-hydrogen) atoms. The van der Waals surface area contributed by atoms with E-state index in [0.717, 1.165) is 10.2 Å². The first-order valence-electron chi connectivity index (χ1n) is 4.37. The summed E-state index contributed by atoms with van der Waals surface area (Å²) in [6.07, 6.45) is 0. The number of nitrogens with one attached hydrogen (secondary N) is 1. The summed E-state index contributed by atoms with van der Waals surface area (Å²) in [6, 6.07) is 6.43. The Hall–Kier alpha value is -0.540. The van der Waals surface area contributed by atoms with Crippen molar-refractivity contribution >= 4 is 21.6 Å². The van der Waals surface area contributed by atoms with E-state index in [-0.39, 0.29) is 0 Å². The third kappa shape index (κ3) is 2.71. The maximum absolute atomic E-state index is 5.53. The summed E-state index contributed by atoms with van der Waals surface area (Å²) >= 11 is 3.49. The zero-order valence-corrected chi connectivity index (χ0v) is 9.56. The second-order valence-corrected chi connectivity index (χ2v) is 4.05. The monoisotopic (exact) mass is 242 g/mol. The first kappa shape index (κ1) is 10.5. The van der Waals surface area contributed by atoms with Crippen molar-refractivity contribution in [2.75, 3.05) is 11.9 Å². The van der Waals surface area contributed by atoms with E-state index in [9.17, 15) is 0 Å². The Morgan fingerprint density at radius 1 is 1.54 bits per heavy atom. The van der Waals surface area contributed by atoms with Crippen molar-refractivity contribution in [2.24, 2.45) is 5.73 Å². The van der Waals surface area contributed by atoms with Crippen LogP contribution in [0.3, 0.4) is 0 Å². The lowest BCUT2D eigenvalue weighted by atomic mass is 10.2. The van der Waals surface area contributed by atoms with Crippen molar-refractivity contribution in [1.82, 2.24) is 0 Å².